The third kappa shape index (κ3) is 3.97. The van der Waals surface area contributed by atoms with Gasteiger partial charge in [0.15, 0.2) is 0 Å². The Morgan fingerprint density at radius 3 is 2.64 bits per heavy atom. The minimum Gasteiger partial charge on any atom is -0.495 e. The molecule has 0 aromatic heterocycles. The van der Waals surface area contributed by atoms with Crippen LogP contribution in [0.5, 0.6) is 5.75 Å². The van der Waals surface area contributed by atoms with Crippen molar-refractivity contribution < 1.29 is 14.3 Å². The number of nitrogens with one attached hydrogen (secondary N) is 1. The van der Waals surface area contributed by atoms with Crippen molar-refractivity contribution in [3.63, 3.8) is 0 Å². The summed E-state index contributed by atoms with van der Waals surface area (Å²) in [6.45, 7) is 0.0689. The first kappa shape index (κ1) is 17.4. The van der Waals surface area contributed by atoms with E-state index in [1.54, 1.807) is 24.3 Å². The van der Waals surface area contributed by atoms with Crippen LogP contribution in [0.1, 0.15) is 5.56 Å². The molecule has 1 aliphatic heterocycles. The fraction of sp³-hybridized carbons (Fsp3) is 0.111. The summed E-state index contributed by atoms with van der Waals surface area (Å²) in [4.78, 5) is 26.1. The molecule has 0 radical (unpaired) electrons. The molecule has 5 nitrogen and oxygen atoms in total. The van der Waals surface area contributed by atoms with Gasteiger partial charge in [0.25, 0.3) is 11.1 Å². The van der Waals surface area contributed by atoms with Gasteiger partial charge < -0.3 is 10.1 Å². The molecule has 7 heteroatoms. The molecule has 3 rings (SSSR count). The van der Waals surface area contributed by atoms with Gasteiger partial charge in [-0.05, 0) is 41.6 Å². The number of anilines is 1. The van der Waals surface area contributed by atoms with Crippen LogP contribution in [0.25, 0.3) is 6.08 Å². The zero-order valence-corrected chi connectivity index (χ0v) is 14.9. The van der Waals surface area contributed by atoms with Crippen molar-refractivity contribution in [2.45, 2.75) is 0 Å². The van der Waals surface area contributed by atoms with Gasteiger partial charge in [0, 0.05) is 5.69 Å². The molecule has 1 aliphatic rings. The molecule has 0 spiro atoms. The number of nitrogens with zero attached hydrogens (tertiary/aromatic N) is 1. The molecule has 1 saturated heterocycles. The second-order valence-electron chi connectivity index (χ2n) is 5.20. The highest BCUT2D eigenvalue weighted by atomic mass is 35.5. The Morgan fingerprint density at radius 2 is 1.96 bits per heavy atom. The molecule has 1 fully saturated rings. The second kappa shape index (κ2) is 7.63. The van der Waals surface area contributed by atoms with Crippen LogP contribution in [-0.2, 0) is 4.79 Å². The monoisotopic (exact) mass is 374 g/mol. The van der Waals surface area contributed by atoms with Crippen LogP contribution in [0.3, 0.4) is 0 Å². The number of rotatable bonds is 5. The van der Waals surface area contributed by atoms with E-state index in [0.717, 1.165) is 22.2 Å². The summed E-state index contributed by atoms with van der Waals surface area (Å²) in [5, 5.41) is 3.17. The molecule has 1 N–H and O–H groups in total. The Hall–Kier alpha value is -2.44. The number of imide groups is 1. The van der Waals surface area contributed by atoms with E-state index in [1.807, 2.05) is 30.3 Å². The number of hydrogen-bond acceptors (Lipinski definition) is 5. The summed E-state index contributed by atoms with van der Waals surface area (Å²) in [6.07, 6.45) is 1.72. The minimum atomic E-state index is -0.314. The first-order chi connectivity index (χ1) is 12.1. The van der Waals surface area contributed by atoms with E-state index < -0.39 is 0 Å². The predicted octanol–water partition coefficient (Wildman–Crippen LogP) is 4.45. The maximum Gasteiger partial charge on any atom is 0.295 e. The van der Waals surface area contributed by atoms with Crippen LogP contribution < -0.4 is 10.1 Å². The predicted molar refractivity (Wildman–Crippen MR) is 101 cm³/mol. The smallest absolute Gasteiger partial charge is 0.295 e. The average Bonchev–Trinajstić information content (AvgIpc) is 2.87. The number of carbonyl (C=O) groups excluding carboxylic acids is 2. The number of carbonyl (C=O) groups is 2. The number of thioether (sulfide) groups is 1. The van der Waals surface area contributed by atoms with Crippen LogP contribution in [0.15, 0.2) is 53.4 Å². The second-order valence-corrected chi connectivity index (χ2v) is 6.61. The van der Waals surface area contributed by atoms with Crippen molar-refractivity contribution in [1.82, 2.24) is 4.90 Å². The van der Waals surface area contributed by atoms with Gasteiger partial charge in [-0.1, -0.05) is 41.9 Å². The van der Waals surface area contributed by atoms with Crippen LogP contribution in [0, 0.1) is 0 Å². The maximum absolute atomic E-state index is 12.4. The number of hydrogen-bond donors (Lipinski definition) is 1. The van der Waals surface area contributed by atoms with Gasteiger partial charge in [0.2, 0.25) is 0 Å². The normalized spacial score (nSPS) is 15.8. The van der Waals surface area contributed by atoms with Crippen molar-refractivity contribution >= 4 is 46.3 Å². The van der Waals surface area contributed by atoms with Gasteiger partial charge in [-0.3, -0.25) is 14.5 Å². The van der Waals surface area contributed by atoms with E-state index >= 15 is 0 Å². The zero-order valence-electron chi connectivity index (χ0n) is 13.4. The molecule has 2 amide bonds. The van der Waals surface area contributed by atoms with E-state index in [4.69, 9.17) is 16.3 Å². The van der Waals surface area contributed by atoms with Crippen LogP contribution in [-0.4, -0.2) is 29.8 Å². The minimum absolute atomic E-state index is 0.0689. The standard InChI is InChI=1S/C18H15ClN2O3S/c1-24-15-8-7-13(10-14(15)19)20-11-21-17(22)16(25-18(21)23)9-12-5-3-2-4-6-12/h2-10,20H,11H2,1H3/b16-9+. The molecule has 2 aromatic rings. The van der Waals surface area contributed by atoms with E-state index in [0.29, 0.717) is 21.4 Å². The first-order valence-electron chi connectivity index (χ1n) is 7.46. The molecule has 128 valence electrons. The lowest BCUT2D eigenvalue weighted by Crippen LogP contribution is -2.33. The lowest BCUT2D eigenvalue weighted by atomic mass is 10.2. The quantitative estimate of drug-likeness (QED) is 0.783. The molecule has 0 saturated carbocycles. The summed E-state index contributed by atoms with van der Waals surface area (Å²) < 4.78 is 5.09. The Labute approximate surface area is 154 Å². The van der Waals surface area contributed by atoms with Crippen LogP contribution >= 0.6 is 23.4 Å². The third-order valence-electron chi connectivity index (χ3n) is 3.56. The first-order valence-corrected chi connectivity index (χ1v) is 8.66. The molecule has 0 bridgehead atoms. The highest BCUT2D eigenvalue weighted by Gasteiger charge is 2.34. The van der Waals surface area contributed by atoms with Crippen LogP contribution in [0.2, 0.25) is 5.02 Å². The van der Waals surface area contributed by atoms with E-state index in [9.17, 15) is 9.59 Å². The number of amides is 2. The Balaban J connectivity index is 1.69. The Bertz CT molecular complexity index is 839. The summed E-state index contributed by atoms with van der Waals surface area (Å²) >= 11 is 7.00. The van der Waals surface area contributed by atoms with E-state index in [1.165, 1.54) is 7.11 Å². The average molecular weight is 375 g/mol. The lowest BCUT2D eigenvalue weighted by molar-refractivity contribution is -0.122. The molecular formula is C18H15ClN2O3S. The third-order valence-corrected chi connectivity index (χ3v) is 4.77. The number of ether oxygens (including phenoxy) is 1. The van der Waals surface area contributed by atoms with Gasteiger partial charge in [-0.25, -0.2) is 0 Å². The van der Waals surface area contributed by atoms with Crippen molar-refractivity contribution in [2.75, 3.05) is 19.1 Å². The number of benzene rings is 2. The zero-order chi connectivity index (χ0) is 17.8. The number of halogens is 1. The summed E-state index contributed by atoms with van der Waals surface area (Å²) in [6, 6.07) is 14.6. The highest BCUT2D eigenvalue weighted by Crippen LogP contribution is 2.32. The van der Waals surface area contributed by atoms with Gasteiger partial charge in [0.05, 0.1) is 23.7 Å². The SMILES string of the molecule is COc1ccc(NCN2C(=O)S/C(=C/c3ccccc3)C2=O)cc1Cl. The van der Waals surface area contributed by atoms with Crippen molar-refractivity contribution in [3.05, 3.63) is 64.0 Å². The molecule has 0 atom stereocenters. The van der Waals surface area contributed by atoms with E-state index in [-0.39, 0.29) is 17.8 Å². The van der Waals surface area contributed by atoms with Gasteiger partial charge in [-0.2, -0.15) is 0 Å². The molecular weight excluding hydrogens is 360 g/mol. The van der Waals surface area contributed by atoms with Gasteiger partial charge in [-0.15, -0.1) is 0 Å². The van der Waals surface area contributed by atoms with Crippen molar-refractivity contribution in [3.8, 4) is 5.75 Å². The topological polar surface area (TPSA) is 58.6 Å². The molecule has 0 aliphatic carbocycles. The molecule has 25 heavy (non-hydrogen) atoms. The highest BCUT2D eigenvalue weighted by molar-refractivity contribution is 8.18. The van der Waals surface area contributed by atoms with Gasteiger partial charge in [0.1, 0.15) is 5.75 Å². The molecule has 1 heterocycles. The fourth-order valence-electron chi connectivity index (χ4n) is 2.28. The summed E-state index contributed by atoms with van der Waals surface area (Å²) in [7, 11) is 1.54. The molecule has 2 aromatic carbocycles. The largest absolute Gasteiger partial charge is 0.495 e. The maximum atomic E-state index is 12.4. The Kier molecular flexibility index (Phi) is 5.31. The number of methoxy groups -OCH3 is 1. The van der Waals surface area contributed by atoms with Crippen LogP contribution in [0.4, 0.5) is 10.5 Å². The van der Waals surface area contributed by atoms with E-state index in [2.05, 4.69) is 5.32 Å². The van der Waals surface area contributed by atoms with Crippen molar-refractivity contribution in [2.24, 2.45) is 0 Å². The summed E-state index contributed by atoms with van der Waals surface area (Å²) in [5.74, 6) is 0.245. The van der Waals surface area contributed by atoms with Crippen molar-refractivity contribution in [1.29, 1.82) is 0 Å². The fourth-order valence-corrected chi connectivity index (χ4v) is 3.38. The Morgan fingerprint density at radius 1 is 1.20 bits per heavy atom. The molecule has 0 unspecified atom stereocenters. The lowest BCUT2D eigenvalue weighted by Gasteiger charge is -2.15. The summed E-state index contributed by atoms with van der Waals surface area (Å²) in [5.41, 5.74) is 1.57. The van der Waals surface area contributed by atoms with Gasteiger partial charge >= 0.3 is 0 Å².